The van der Waals surface area contributed by atoms with Crippen molar-refractivity contribution in [1.29, 1.82) is 0 Å². The van der Waals surface area contributed by atoms with Crippen LogP contribution in [0, 0.1) is 0 Å². The van der Waals surface area contributed by atoms with Crippen molar-refractivity contribution in [2.75, 3.05) is 12.3 Å². The van der Waals surface area contributed by atoms with Crippen LogP contribution >= 0.6 is 11.8 Å². The second-order valence-electron chi connectivity index (χ2n) is 5.44. The van der Waals surface area contributed by atoms with Crippen LogP contribution in [-0.4, -0.2) is 43.7 Å². The standard InChI is InChI=1S/C13H24N4O3S/c1-5-7-14-13(4,10(18)19)6-8-21-12-16-15-11(20)17(12)9(2)3/h9,14H,5-8H2,1-4H3,(H,15,20)(H,18,19). The summed E-state index contributed by atoms with van der Waals surface area (Å²) in [4.78, 5) is 23.0. The monoisotopic (exact) mass is 316 g/mol. The molecule has 0 aromatic carbocycles. The van der Waals surface area contributed by atoms with Crippen LogP contribution in [0.1, 0.15) is 46.6 Å². The Morgan fingerprint density at radius 1 is 1.57 bits per heavy atom. The zero-order valence-electron chi connectivity index (χ0n) is 13.0. The van der Waals surface area contributed by atoms with Gasteiger partial charge in [-0.25, -0.2) is 9.89 Å². The number of carboxylic acid groups (broad SMARTS) is 1. The van der Waals surface area contributed by atoms with Gasteiger partial charge in [-0.15, -0.1) is 5.10 Å². The number of carbonyl (C=O) groups is 1. The molecule has 1 atom stereocenters. The smallest absolute Gasteiger partial charge is 0.344 e. The van der Waals surface area contributed by atoms with Gasteiger partial charge in [-0.1, -0.05) is 18.7 Å². The van der Waals surface area contributed by atoms with Crippen LogP contribution in [0.15, 0.2) is 9.95 Å². The predicted molar refractivity (Wildman–Crippen MR) is 82.9 cm³/mol. The zero-order chi connectivity index (χ0) is 16.0. The molecule has 0 fully saturated rings. The van der Waals surface area contributed by atoms with E-state index in [2.05, 4.69) is 15.5 Å². The maximum Gasteiger partial charge on any atom is 0.344 e. The summed E-state index contributed by atoms with van der Waals surface area (Å²) in [7, 11) is 0. The van der Waals surface area contributed by atoms with Gasteiger partial charge >= 0.3 is 11.7 Å². The molecule has 0 amide bonds. The van der Waals surface area contributed by atoms with Gasteiger partial charge in [0.25, 0.3) is 0 Å². The molecule has 1 aromatic rings. The van der Waals surface area contributed by atoms with Gasteiger partial charge in [0.05, 0.1) is 0 Å². The quantitative estimate of drug-likeness (QED) is 0.597. The number of aromatic nitrogens is 3. The number of H-pyrrole nitrogens is 1. The third-order valence-corrected chi connectivity index (χ3v) is 4.21. The van der Waals surface area contributed by atoms with E-state index in [1.807, 2.05) is 20.8 Å². The number of thioether (sulfide) groups is 1. The van der Waals surface area contributed by atoms with Gasteiger partial charge in [0, 0.05) is 11.8 Å². The van der Waals surface area contributed by atoms with Gasteiger partial charge in [0.1, 0.15) is 5.54 Å². The summed E-state index contributed by atoms with van der Waals surface area (Å²) in [5, 5.41) is 19.4. The molecule has 1 rings (SSSR count). The number of aromatic amines is 1. The summed E-state index contributed by atoms with van der Waals surface area (Å²) in [6.45, 7) is 8.16. The minimum Gasteiger partial charge on any atom is -0.480 e. The Kier molecular flexibility index (Phi) is 6.47. The summed E-state index contributed by atoms with van der Waals surface area (Å²) >= 11 is 1.39. The second kappa shape index (κ2) is 7.65. The third kappa shape index (κ3) is 4.60. The fourth-order valence-corrected chi connectivity index (χ4v) is 3.10. The van der Waals surface area contributed by atoms with E-state index in [9.17, 15) is 14.7 Å². The lowest BCUT2D eigenvalue weighted by molar-refractivity contribution is -0.144. The van der Waals surface area contributed by atoms with E-state index in [1.54, 1.807) is 11.5 Å². The average molecular weight is 316 g/mol. The highest BCUT2D eigenvalue weighted by molar-refractivity contribution is 7.99. The minimum absolute atomic E-state index is 0.0165. The molecule has 3 N–H and O–H groups in total. The first-order valence-electron chi connectivity index (χ1n) is 7.10. The normalized spacial score (nSPS) is 14.3. The van der Waals surface area contributed by atoms with Gasteiger partial charge in [-0.3, -0.25) is 9.36 Å². The highest BCUT2D eigenvalue weighted by atomic mass is 32.2. The van der Waals surface area contributed by atoms with Crippen molar-refractivity contribution < 1.29 is 9.90 Å². The van der Waals surface area contributed by atoms with Crippen molar-refractivity contribution in [3.05, 3.63) is 10.5 Å². The molecule has 21 heavy (non-hydrogen) atoms. The molecule has 0 aliphatic carbocycles. The van der Waals surface area contributed by atoms with Crippen molar-refractivity contribution in [2.45, 2.75) is 57.3 Å². The SMILES string of the molecule is CCCNC(C)(CCSc1n[nH]c(=O)n1C(C)C)C(=O)O. The van der Waals surface area contributed by atoms with Crippen molar-refractivity contribution in [3.8, 4) is 0 Å². The molecular weight excluding hydrogens is 292 g/mol. The molecule has 0 spiro atoms. The van der Waals surface area contributed by atoms with Crippen molar-refractivity contribution in [2.24, 2.45) is 0 Å². The van der Waals surface area contributed by atoms with Gasteiger partial charge < -0.3 is 10.4 Å². The molecule has 0 aliphatic rings. The van der Waals surface area contributed by atoms with Gasteiger partial charge in [0.15, 0.2) is 5.16 Å². The van der Waals surface area contributed by atoms with E-state index >= 15 is 0 Å². The van der Waals surface area contributed by atoms with Gasteiger partial charge in [-0.05, 0) is 40.2 Å². The van der Waals surface area contributed by atoms with E-state index < -0.39 is 11.5 Å². The first-order valence-corrected chi connectivity index (χ1v) is 8.08. The van der Waals surface area contributed by atoms with Crippen LogP contribution in [-0.2, 0) is 4.79 Å². The number of aliphatic carboxylic acids is 1. The van der Waals surface area contributed by atoms with Crippen molar-refractivity contribution >= 4 is 17.7 Å². The third-order valence-electron chi connectivity index (χ3n) is 3.26. The Morgan fingerprint density at radius 3 is 2.76 bits per heavy atom. The van der Waals surface area contributed by atoms with Gasteiger partial charge in [-0.2, -0.15) is 0 Å². The molecule has 1 unspecified atom stereocenters. The molecule has 0 saturated heterocycles. The minimum atomic E-state index is -0.956. The summed E-state index contributed by atoms with van der Waals surface area (Å²) in [6, 6.07) is 0.0165. The van der Waals surface area contributed by atoms with Crippen LogP contribution < -0.4 is 11.0 Å². The Hall–Kier alpha value is -1.28. The molecule has 0 aliphatic heterocycles. The number of hydrogen-bond acceptors (Lipinski definition) is 5. The number of nitrogens with one attached hydrogen (secondary N) is 2. The fraction of sp³-hybridized carbons (Fsp3) is 0.769. The maximum absolute atomic E-state index is 11.6. The molecule has 120 valence electrons. The Bertz CT molecular complexity index is 526. The van der Waals surface area contributed by atoms with E-state index in [1.165, 1.54) is 11.8 Å². The van der Waals surface area contributed by atoms with Gasteiger partial charge in [0.2, 0.25) is 0 Å². The largest absolute Gasteiger partial charge is 0.480 e. The molecule has 1 aromatic heterocycles. The highest BCUT2D eigenvalue weighted by Crippen LogP contribution is 2.21. The second-order valence-corrected chi connectivity index (χ2v) is 6.50. The van der Waals surface area contributed by atoms with E-state index in [0.717, 1.165) is 6.42 Å². The molecule has 0 saturated carbocycles. The van der Waals surface area contributed by atoms with Crippen LogP contribution in [0.3, 0.4) is 0 Å². The Morgan fingerprint density at radius 2 is 2.24 bits per heavy atom. The molecule has 0 radical (unpaired) electrons. The first-order chi connectivity index (χ1) is 9.81. The summed E-state index contributed by atoms with van der Waals surface area (Å²) in [6.07, 6.45) is 1.33. The highest BCUT2D eigenvalue weighted by Gasteiger charge is 2.31. The molecule has 0 bridgehead atoms. The summed E-state index contributed by atoms with van der Waals surface area (Å²) in [5.41, 5.74) is -1.19. The van der Waals surface area contributed by atoms with Crippen molar-refractivity contribution in [1.82, 2.24) is 20.1 Å². The predicted octanol–water partition coefficient (Wildman–Crippen LogP) is 1.48. The molecule has 8 heteroatoms. The molecule has 1 heterocycles. The van der Waals surface area contributed by atoms with Crippen LogP contribution in [0.25, 0.3) is 0 Å². The van der Waals surface area contributed by atoms with E-state index in [-0.39, 0.29) is 11.7 Å². The zero-order valence-corrected chi connectivity index (χ0v) is 13.8. The molecular formula is C13H24N4O3S. The number of hydrogen-bond donors (Lipinski definition) is 3. The lowest BCUT2D eigenvalue weighted by atomic mass is 9.99. The Balaban J connectivity index is 2.67. The Labute approximate surface area is 128 Å². The summed E-state index contributed by atoms with van der Waals surface area (Å²) in [5.74, 6) is -0.295. The van der Waals surface area contributed by atoms with Crippen molar-refractivity contribution in [3.63, 3.8) is 0 Å². The summed E-state index contributed by atoms with van der Waals surface area (Å²) < 4.78 is 1.57. The maximum atomic E-state index is 11.6. The lowest BCUT2D eigenvalue weighted by Crippen LogP contribution is -2.50. The average Bonchev–Trinajstić information content (AvgIpc) is 2.77. The number of nitrogens with zero attached hydrogens (tertiary/aromatic N) is 2. The fourth-order valence-electron chi connectivity index (χ4n) is 1.87. The van der Waals surface area contributed by atoms with Crippen LogP contribution in [0.5, 0.6) is 0 Å². The first kappa shape index (κ1) is 17.8. The lowest BCUT2D eigenvalue weighted by Gasteiger charge is -2.26. The van der Waals surface area contributed by atoms with E-state index in [0.29, 0.717) is 23.9 Å². The topological polar surface area (TPSA) is 100 Å². The molecule has 7 nitrogen and oxygen atoms in total. The number of carboxylic acids is 1. The van der Waals surface area contributed by atoms with Crippen LogP contribution in [0.4, 0.5) is 0 Å². The number of rotatable bonds is 9. The van der Waals surface area contributed by atoms with E-state index in [4.69, 9.17) is 0 Å². The van der Waals surface area contributed by atoms with Crippen LogP contribution in [0.2, 0.25) is 0 Å².